The Kier molecular flexibility index (Phi) is 10.5. The van der Waals surface area contributed by atoms with Crippen LogP contribution in [-0.4, -0.2) is 43.1 Å². The molecular weight excluding hydrogens is 501 g/mol. The number of aliphatic imine (C=N–C) groups is 1. The molecule has 0 spiro atoms. The van der Waals surface area contributed by atoms with E-state index >= 15 is 0 Å². The number of hydrogen-bond donors (Lipinski definition) is 2. The quantitative estimate of drug-likeness (QED) is 0.316. The minimum Gasteiger partial charge on any atom is -0.496 e. The van der Waals surface area contributed by atoms with Gasteiger partial charge >= 0.3 is 0 Å². The fourth-order valence-electron chi connectivity index (χ4n) is 3.96. The smallest absolute Gasteiger partial charge is 0.191 e. The number of likely N-dealkylation sites (tertiary alicyclic amines) is 1. The molecule has 1 aliphatic heterocycles. The number of pyridine rings is 1. The number of methoxy groups -OCH3 is 1. The average Bonchev–Trinajstić information content (AvgIpc) is 2.77. The predicted molar refractivity (Wildman–Crippen MR) is 138 cm³/mol. The number of guanidine groups is 1. The molecule has 7 heteroatoms. The molecule has 31 heavy (non-hydrogen) atoms. The molecule has 1 aliphatic rings. The number of rotatable bonds is 7. The first-order valence-corrected chi connectivity index (χ1v) is 10.8. The van der Waals surface area contributed by atoms with E-state index < -0.39 is 0 Å². The van der Waals surface area contributed by atoms with Crippen molar-refractivity contribution in [2.45, 2.75) is 52.7 Å². The molecule has 0 unspecified atom stereocenters. The molecule has 1 fully saturated rings. The monoisotopic (exact) mass is 537 g/mol. The summed E-state index contributed by atoms with van der Waals surface area (Å²) in [7, 11) is 3.48. The van der Waals surface area contributed by atoms with E-state index in [-0.39, 0.29) is 24.0 Å². The molecule has 1 aromatic carbocycles. The number of aryl methyl sites for hydroxylation is 1. The molecule has 1 saturated heterocycles. The first kappa shape index (κ1) is 25.4. The number of benzene rings is 1. The van der Waals surface area contributed by atoms with Crippen molar-refractivity contribution in [2.75, 3.05) is 27.2 Å². The van der Waals surface area contributed by atoms with E-state index in [0.717, 1.165) is 41.6 Å². The summed E-state index contributed by atoms with van der Waals surface area (Å²) in [5.41, 5.74) is 5.70. The lowest BCUT2D eigenvalue weighted by atomic mass is 10.1. The number of piperidine rings is 1. The van der Waals surface area contributed by atoms with Gasteiger partial charge in [-0.15, -0.1) is 24.0 Å². The van der Waals surface area contributed by atoms with E-state index in [0.29, 0.717) is 6.54 Å². The molecule has 2 aromatic rings. The molecule has 0 aliphatic carbocycles. The van der Waals surface area contributed by atoms with E-state index in [1.54, 1.807) is 14.2 Å². The normalized spacial score (nSPS) is 14.6. The van der Waals surface area contributed by atoms with Crippen molar-refractivity contribution in [2.24, 2.45) is 4.99 Å². The largest absolute Gasteiger partial charge is 0.496 e. The van der Waals surface area contributed by atoms with Gasteiger partial charge in [0.2, 0.25) is 0 Å². The summed E-state index contributed by atoms with van der Waals surface area (Å²) in [5.74, 6) is 1.66. The second-order valence-corrected chi connectivity index (χ2v) is 7.98. The zero-order valence-electron chi connectivity index (χ0n) is 19.2. The van der Waals surface area contributed by atoms with Crippen LogP contribution < -0.4 is 15.4 Å². The van der Waals surface area contributed by atoms with Crippen LogP contribution >= 0.6 is 24.0 Å². The van der Waals surface area contributed by atoms with Crippen LogP contribution in [0.2, 0.25) is 0 Å². The molecule has 0 bridgehead atoms. The van der Waals surface area contributed by atoms with E-state index in [4.69, 9.17) is 4.74 Å². The molecule has 2 N–H and O–H groups in total. The highest BCUT2D eigenvalue weighted by Gasteiger charge is 2.11. The van der Waals surface area contributed by atoms with Crippen LogP contribution in [0.15, 0.2) is 35.5 Å². The molecular formula is C24H36IN5O. The third-order valence-electron chi connectivity index (χ3n) is 5.73. The van der Waals surface area contributed by atoms with Gasteiger partial charge in [0.05, 0.1) is 19.3 Å². The maximum absolute atomic E-state index is 5.50. The molecule has 0 radical (unpaired) electrons. The third kappa shape index (κ3) is 7.35. The average molecular weight is 537 g/mol. The summed E-state index contributed by atoms with van der Waals surface area (Å²) in [6.07, 6.45) is 5.89. The second kappa shape index (κ2) is 12.9. The topological polar surface area (TPSA) is 61.8 Å². The van der Waals surface area contributed by atoms with Crippen LogP contribution in [0.25, 0.3) is 0 Å². The van der Waals surface area contributed by atoms with Crippen molar-refractivity contribution < 1.29 is 4.74 Å². The maximum atomic E-state index is 5.50. The predicted octanol–water partition coefficient (Wildman–Crippen LogP) is 4.18. The zero-order chi connectivity index (χ0) is 21.3. The van der Waals surface area contributed by atoms with E-state index in [1.165, 1.54) is 43.5 Å². The van der Waals surface area contributed by atoms with Gasteiger partial charge in [-0.2, -0.15) is 0 Å². The highest BCUT2D eigenvalue weighted by atomic mass is 127. The minimum atomic E-state index is 0. The van der Waals surface area contributed by atoms with Crippen LogP contribution in [0.1, 0.15) is 47.2 Å². The van der Waals surface area contributed by atoms with Crippen molar-refractivity contribution in [1.29, 1.82) is 0 Å². The Hall–Kier alpha value is -1.87. The summed E-state index contributed by atoms with van der Waals surface area (Å²) in [6, 6.07) is 8.90. The van der Waals surface area contributed by atoms with Gasteiger partial charge in [-0.3, -0.25) is 14.9 Å². The van der Waals surface area contributed by atoms with Crippen LogP contribution in [0.3, 0.4) is 0 Å². The number of aromatic nitrogens is 1. The molecule has 0 saturated carbocycles. The van der Waals surface area contributed by atoms with Gasteiger partial charge in [-0.05, 0) is 50.9 Å². The number of hydrogen-bond acceptors (Lipinski definition) is 4. The van der Waals surface area contributed by atoms with Crippen molar-refractivity contribution in [3.8, 4) is 5.75 Å². The van der Waals surface area contributed by atoms with Gasteiger partial charge in [0.25, 0.3) is 0 Å². The van der Waals surface area contributed by atoms with Gasteiger partial charge in [0.15, 0.2) is 5.96 Å². The highest BCUT2D eigenvalue weighted by molar-refractivity contribution is 14.0. The van der Waals surface area contributed by atoms with Crippen molar-refractivity contribution in [1.82, 2.24) is 20.5 Å². The molecule has 0 atom stereocenters. The molecule has 1 aromatic heterocycles. The Morgan fingerprint density at radius 2 is 1.68 bits per heavy atom. The van der Waals surface area contributed by atoms with Gasteiger partial charge in [0.1, 0.15) is 5.75 Å². The van der Waals surface area contributed by atoms with Gasteiger partial charge in [0, 0.05) is 37.5 Å². The SMILES string of the molecule is CN=C(NCc1ccc(CN2CCCCC2)cc1)NCc1ncc(C)c(OC)c1C.I. The summed E-state index contributed by atoms with van der Waals surface area (Å²) in [5, 5.41) is 6.73. The maximum Gasteiger partial charge on any atom is 0.191 e. The molecule has 170 valence electrons. The Bertz CT molecular complexity index is 848. The first-order valence-electron chi connectivity index (χ1n) is 10.8. The Morgan fingerprint density at radius 1 is 1.03 bits per heavy atom. The van der Waals surface area contributed by atoms with E-state index in [9.17, 15) is 0 Å². The van der Waals surface area contributed by atoms with Crippen LogP contribution in [-0.2, 0) is 19.6 Å². The van der Waals surface area contributed by atoms with Crippen molar-refractivity contribution in [3.63, 3.8) is 0 Å². The lowest BCUT2D eigenvalue weighted by Crippen LogP contribution is -2.36. The second-order valence-electron chi connectivity index (χ2n) is 7.98. The fraction of sp³-hybridized carbons (Fsp3) is 0.500. The standard InChI is InChI=1S/C24H35N5O.HI/c1-18-14-26-22(19(2)23(18)30-4)16-28-24(25-3)27-15-20-8-10-21(11-9-20)17-29-12-6-5-7-13-29;/h8-11,14H,5-7,12-13,15-17H2,1-4H3,(H2,25,27,28);1H. The first-order chi connectivity index (χ1) is 14.6. The Balaban J connectivity index is 0.00000341. The summed E-state index contributed by atoms with van der Waals surface area (Å²) in [6.45, 7) is 8.89. The summed E-state index contributed by atoms with van der Waals surface area (Å²) in [4.78, 5) is 11.4. The zero-order valence-corrected chi connectivity index (χ0v) is 21.5. The molecule has 2 heterocycles. The summed E-state index contributed by atoms with van der Waals surface area (Å²) < 4.78 is 5.50. The molecule has 6 nitrogen and oxygen atoms in total. The number of ether oxygens (including phenoxy) is 1. The Labute approximate surface area is 203 Å². The minimum absolute atomic E-state index is 0. The van der Waals surface area contributed by atoms with Gasteiger partial charge < -0.3 is 15.4 Å². The van der Waals surface area contributed by atoms with E-state index in [1.807, 2.05) is 20.0 Å². The number of nitrogens with one attached hydrogen (secondary N) is 2. The lowest BCUT2D eigenvalue weighted by Gasteiger charge is -2.26. The van der Waals surface area contributed by atoms with E-state index in [2.05, 4.69) is 49.8 Å². The highest BCUT2D eigenvalue weighted by Crippen LogP contribution is 2.23. The third-order valence-corrected chi connectivity index (χ3v) is 5.73. The van der Waals surface area contributed by atoms with Crippen LogP contribution in [0.4, 0.5) is 0 Å². The van der Waals surface area contributed by atoms with Crippen molar-refractivity contribution in [3.05, 3.63) is 58.4 Å². The Morgan fingerprint density at radius 3 is 2.32 bits per heavy atom. The number of nitrogens with zero attached hydrogens (tertiary/aromatic N) is 3. The number of halogens is 1. The molecule has 3 rings (SSSR count). The van der Waals surface area contributed by atoms with Crippen molar-refractivity contribution >= 4 is 29.9 Å². The fourth-order valence-corrected chi connectivity index (χ4v) is 3.96. The van der Waals surface area contributed by atoms with Crippen LogP contribution in [0.5, 0.6) is 5.75 Å². The molecule has 0 amide bonds. The van der Waals surface area contributed by atoms with Gasteiger partial charge in [-0.25, -0.2) is 0 Å². The van der Waals surface area contributed by atoms with Gasteiger partial charge in [-0.1, -0.05) is 30.7 Å². The summed E-state index contributed by atoms with van der Waals surface area (Å²) >= 11 is 0. The lowest BCUT2D eigenvalue weighted by molar-refractivity contribution is 0.221. The van der Waals surface area contributed by atoms with Crippen LogP contribution in [0, 0.1) is 13.8 Å².